The van der Waals surface area contributed by atoms with Gasteiger partial charge in [0.1, 0.15) is 5.82 Å². The topological polar surface area (TPSA) is 64.9 Å². The average Bonchev–Trinajstić information content (AvgIpc) is 2.18. The number of hydrogen-bond acceptors (Lipinski definition) is 3. The molecule has 1 heterocycles. The molecule has 0 amide bonds. The van der Waals surface area contributed by atoms with Crippen LogP contribution in [0.1, 0.15) is 43.5 Å². The predicted molar refractivity (Wildman–Crippen MR) is 64.5 cm³/mol. The van der Waals surface area contributed by atoms with Crippen molar-refractivity contribution in [1.82, 2.24) is 4.98 Å². The van der Waals surface area contributed by atoms with Gasteiger partial charge in [-0.25, -0.2) is 4.98 Å². The molecule has 0 aliphatic carbocycles. The van der Waals surface area contributed by atoms with E-state index >= 15 is 0 Å². The van der Waals surface area contributed by atoms with Crippen molar-refractivity contribution in [3.8, 4) is 0 Å². The minimum atomic E-state index is 0.487. The Morgan fingerprint density at radius 1 is 1.20 bits per heavy atom. The third-order valence-electron chi connectivity index (χ3n) is 2.53. The average molecular weight is 207 g/mol. The van der Waals surface area contributed by atoms with Crippen LogP contribution in [0.15, 0.2) is 6.07 Å². The number of anilines is 1. The van der Waals surface area contributed by atoms with E-state index in [0.717, 1.165) is 36.9 Å². The van der Waals surface area contributed by atoms with Gasteiger partial charge in [0, 0.05) is 17.8 Å². The Balaban J connectivity index is 3.07. The van der Waals surface area contributed by atoms with Crippen LogP contribution in [-0.2, 0) is 19.4 Å². The quantitative estimate of drug-likeness (QED) is 0.776. The van der Waals surface area contributed by atoms with Crippen LogP contribution in [0.25, 0.3) is 0 Å². The molecule has 1 aromatic rings. The molecule has 1 rings (SSSR count). The molecule has 0 aliphatic heterocycles. The summed E-state index contributed by atoms with van der Waals surface area (Å²) in [5.41, 5.74) is 15.0. The molecule has 0 spiro atoms. The molecule has 1 aromatic heterocycles. The van der Waals surface area contributed by atoms with E-state index in [0.29, 0.717) is 12.4 Å². The minimum Gasteiger partial charge on any atom is -0.383 e. The van der Waals surface area contributed by atoms with Crippen molar-refractivity contribution in [1.29, 1.82) is 0 Å². The molecule has 0 saturated carbocycles. The summed E-state index contributed by atoms with van der Waals surface area (Å²) >= 11 is 0. The van der Waals surface area contributed by atoms with Gasteiger partial charge in [-0.2, -0.15) is 0 Å². The van der Waals surface area contributed by atoms with E-state index in [1.807, 2.05) is 0 Å². The Kier molecular flexibility index (Phi) is 4.56. The van der Waals surface area contributed by atoms with Crippen LogP contribution < -0.4 is 11.5 Å². The standard InChI is InChI=1S/C12H21N3/c1-3-5-9-7-10(6-4-2)15-12(14)11(9)8-13/h7H,3-6,8,13H2,1-2H3,(H2,14,15). The molecule has 0 saturated heterocycles. The molecular weight excluding hydrogens is 186 g/mol. The zero-order valence-corrected chi connectivity index (χ0v) is 9.71. The molecule has 3 heteroatoms. The molecule has 3 nitrogen and oxygen atoms in total. The van der Waals surface area contributed by atoms with E-state index in [1.165, 1.54) is 5.56 Å². The van der Waals surface area contributed by atoms with Crippen LogP contribution in [0, 0.1) is 0 Å². The normalized spacial score (nSPS) is 10.6. The van der Waals surface area contributed by atoms with Crippen LogP contribution in [0.3, 0.4) is 0 Å². The van der Waals surface area contributed by atoms with Crippen molar-refractivity contribution in [3.05, 3.63) is 22.9 Å². The Morgan fingerprint density at radius 3 is 2.40 bits per heavy atom. The summed E-state index contributed by atoms with van der Waals surface area (Å²) in [6.07, 6.45) is 4.24. The van der Waals surface area contributed by atoms with Gasteiger partial charge in [0.25, 0.3) is 0 Å². The molecule has 0 aromatic carbocycles. The Hall–Kier alpha value is -1.09. The predicted octanol–water partition coefficient (Wildman–Crippen LogP) is 2.03. The second-order valence-electron chi connectivity index (χ2n) is 3.84. The molecule has 0 bridgehead atoms. The molecular formula is C12H21N3. The monoisotopic (exact) mass is 207 g/mol. The molecule has 84 valence electrons. The fourth-order valence-electron chi connectivity index (χ4n) is 1.82. The third kappa shape index (κ3) is 2.93. The van der Waals surface area contributed by atoms with E-state index < -0.39 is 0 Å². The lowest BCUT2D eigenvalue weighted by molar-refractivity contribution is 0.847. The summed E-state index contributed by atoms with van der Waals surface area (Å²) in [6, 6.07) is 2.16. The number of rotatable bonds is 5. The summed E-state index contributed by atoms with van der Waals surface area (Å²) in [4.78, 5) is 4.37. The van der Waals surface area contributed by atoms with Gasteiger partial charge in [0.2, 0.25) is 0 Å². The SMILES string of the molecule is CCCc1cc(CCC)c(CN)c(N)n1. The Labute approximate surface area is 91.9 Å². The highest BCUT2D eigenvalue weighted by Crippen LogP contribution is 2.18. The van der Waals surface area contributed by atoms with Gasteiger partial charge in [0.15, 0.2) is 0 Å². The molecule has 0 unspecified atom stereocenters. The summed E-state index contributed by atoms with van der Waals surface area (Å²) in [7, 11) is 0. The lowest BCUT2D eigenvalue weighted by Gasteiger charge is -2.11. The van der Waals surface area contributed by atoms with Crippen molar-refractivity contribution in [2.24, 2.45) is 5.73 Å². The largest absolute Gasteiger partial charge is 0.383 e. The van der Waals surface area contributed by atoms with E-state index in [2.05, 4.69) is 24.9 Å². The Bertz CT molecular complexity index is 321. The highest BCUT2D eigenvalue weighted by atomic mass is 14.9. The maximum absolute atomic E-state index is 5.90. The lowest BCUT2D eigenvalue weighted by atomic mass is 10.0. The molecule has 4 N–H and O–H groups in total. The summed E-state index contributed by atoms with van der Waals surface area (Å²) in [5, 5.41) is 0. The number of pyridine rings is 1. The van der Waals surface area contributed by atoms with E-state index in [1.54, 1.807) is 0 Å². The fraction of sp³-hybridized carbons (Fsp3) is 0.583. The maximum atomic E-state index is 5.90. The zero-order valence-electron chi connectivity index (χ0n) is 9.71. The third-order valence-corrected chi connectivity index (χ3v) is 2.53. The first-order chi connectivity index (χ1) is 7.22. The van der Waals surface area contributed by atoms with Crippen molar-refractivity contribution >= 4 is 5.82 Å². The van der Waals surface area contributed by atoms with E-state index in [4.69, 9.17) is 11.5 Å². The Morgan fingerprint density at radius 2 is 1.87 bits per heavy atom. The second-order valence-corrected chi connectivity index (χ2v) is 3.84. The minimum absolute atomic E-state index is 0.487. The number of nitrogens with zero attached hydrogens (tertiary/aromatic N) is 1. The van der Waals surface area contributed by atoms with Crippen LogP contribution in [0.5, 0.6) is 0 Å². The van der Waals surface area contributed by atoms with E-state index in [-0.39, 0.29) is 0 Å². The maximum Gasteiger partial charge on any atom is 0.128 e. The van der Waals surface area contributed by atoms with Gasteiger partial charge in [-0.1, -0.05) is 26.7 Å². The summed E-state index contributed by atoms with van der Waals surface area (Å²) < 4.78 is 0. The van der Waals surface area contributed by atoms with Gasteiger partial charge < -0.3 is 11.5 Å². The lowest BCUT2D eigenvalue weighted by Crippen LogP contribution is -2.09. The highest BCUT2D eigenvalue weighted by Gasteiger charge is 2.08. The van der Waals surface area contributed by atoms with Crippen LogP contribution in [0.2, 0.25) is 0 Å². The highest BCUT2D eigenvalue weighted by molar-refractivity contribution is 5.46. The zero-order chi connectivity index (χ0) is 11.3. The number of hydrogen-bond donors (Lipinski definition) is 2. The fourth-order valence-corrected chi connectivity index (χ4v) is 1.82. The first kappa shape index (κ1) is 12.0. The second kappa shape index (κ2) is 5.71. The summed E-state index contributed by atoms with van der Waals surface area (Å²) in [5.74, 6) is 0.618. The van der Waals surface area contributed by atoms with Gasteiger partial charge in [-0.05, 0) is 24.5 Å². The molecule has 0 fully saturated rings. The van der Waals surface area contributed by atoms with Gasteiger partial charge in [-0.15, -0.1) is 0 Å². The van der Waals surface area contributed by atoms with Gasteiger partial charge >= 0.3 is 0 Å². The van der Waals surface area contributed by atoms with Crippen LogP contribution in [0.4, 0.5) is 5.82 Å². The number of aryl methyl sites for hydroxylation is 2. The van der Waals surface area contributed by atoms with Gasteiger partial charge in [0.05, 0.1) is 0 Å². The molecule has 15 heavy (non-hydrogen) atoms. The number of nitrogens with two attached hydrogens (primary N) is 2. The molecule has 0 radical (unpaired) electrons. The van der Waals surface area contributed by atoms with Crippen molar-refractivity contribution in [2.75, 3.05) is 5.73 Å². The van der Waals surface area contributed by atoms with Crippen molar-refractivity contribution < 1.29 is 0 Å². The number of aromatic nitrogens is 1. The number of nitrogen functional groups attached to an aromatic ring is 1. The molecule has 0 aliphatic rings. The van der Waals surface area contributed by atoms with Crippen molar-refractivity contribution in [3.63, 3.8) is 0 Å². The smallest absolute Gasteiger partial charge is 0.128 e. The van der Waals surface area contributed by atoms with Crippen molar-refractivity contribution in [2.45, 2.75) is 46.1 Å². The first-order valence-electron chi connectivity index (χ1n) is 5.70. The summed E-state index contributed by atoms with van der Waals surface area (Å²) in [6.45, 7) is 4.80. The first-order valence-corrected chi connectivity index (χ1v) is 5.70. The van der Waals surface area contributed by atoms with E-state index in [9.17, 15) is 0 Å². The molecule has 0 atom stereocenters. The van der Waals surface area contributed by atoms with Crippen LogP contribution >= 0.6 is 0 Å². The van der Waals surface area contributed by atoms with Crippen LogP contribution in [-0.4, -0.2) is 4.98 Å². The van der Waals surface area contributed by atoms with Gasteiger partial charge in [-0.3, -0.25) is 0 Å².